The zero-order valence-corrected chi connectivity index (χ0v) is 13.1. The van der Waals surface area contributed by atoms with Crippen LogP contribution in [0, 0.1) is 0 Å². The lowest BCUT2D eigenvalue weighted by Gasteiger charge is -2.23. The van der Waals surface area contributed by atoms with E-state index in [9.17, 15) is 4.79 Å². The third kappa shape index (κ3) is 6.17. The number of methoxy groups -OCH3 is 1. The molecule has 4 heteroatoms. The second-order valence-corrected chi connectivity index (χ2v) is 6.09. The zero-order chi connectivity index (χ0) is 15.2. The van der Waals surface area contributed by atoms with Gasteiger partial charge in [0.1, 0.15) is 0 Å². The van der Waals surface area contributed by atoms with Crippen LogP contribution in [-0.2, 0) is 22.7 Å². The SMILES string of the molecule is COCc1ccc(CNC(C)C(=O)NC(C)(C)C)cc1. The molecular formula is C16H26N2O2. The summed E-state index contributed by atoms with van der Waals surface area (Å²) in [5, 5.41) is 6.19. The van der Waals surface area contributed by atoms with Crippen molar-refractivity contribution in [3.63, 3.8) is 0 Å². The molecule has 1 unspecified atom stereocenters. The Morgan fingerprint density at radius 2 is 1.75 bits per heavy atom. The van der Waals surface area contributed by atoms with Crippen LogP contribution in [0.2, 0.25) is 0 Å². The maximum Gasteiger partial charge on any atom is 0.237 e. The molecule has 0 aliphatic heterocycles. The van der Waals surface area contributed by atoms with E-state index in [1.807, 2.05) is 39.8 Å². The van der Waals surface area contributed by atoms with Gasteiger partial charge in [0.2, 0.25) is 5.91 Å². The Balaban J connectivity index is 2.44. The van der Waals surface area contributed by atoms with Gasteiger partial charge in [-0.2, -0.15) is 0 Å². The fourth-order valence-corrected chi connectivity index (χ4v) is 1.76. The van der Waals surface area contributed by atoms with Crippen LogP contribution in [0.1, 0.15) is 38.8 Å². The van der Waals surface area contributed by atoms with Crippen molar-refractivity contribution in [1.29, 1.82) is 0 Å². The molecule has 0 radical (unpaired) electrons. The average molecular weight is 278 g/mol. The first kappa shape index (κ1) is 16.7. The monoisotopic (exact) mass is 278 g/mol. The van der Waals surface area contributed by atoms with Crippen LogP contribution in [0.15, 0.2) is 24.3 Å². The maximum absolute atomic E-state index is 11.9. The summed E-state index contributed by atoms with van der Waals surface area (Å²) in [6.45, 7) is 9.11. The molecule has 112 valence electrons. The van der Waals surface area contributed by atoms with Gasteiger partial charge < -0.3 is 15.4 Å². The molecule has 1 aromatic rings. The van der Waals surface area contributed by atoms with E-state index in [2.05, 4.69) is 22.8 Å². The normalized spacial score (nSPS) is 13.1. The van der Waals surface area contributed by atoms with E-state index >= 15 is 0 Å². The fraction of sp³-hybridized carbons (Fsp3) is 0.562. The third-order valence-corrected chi connectivity index (χ3v) is 2.84. The van der Waals surface area contributed by atoms with Crippen molar-refractivity contribution in [2.45, 2.75) is 52.4 Å². The van der Waals surface area contributed by atoms with Crippen LogP contribution in [0.4, 0.5) is 0 Å². The lowest BCUT2D eigenvalue weighted by molar-refractivity contribution is -0.124. The summed E-state index contributed by atoms with van der Waals surface area (Å²) < 4.78 is 5.08. The van der Waals surface area contributed by atoms with Crippen LogP contribution >= 0.6 is 0 Å². The summed E-state index contributed by atoms with van der Waals surface area (Å²) in [7, 11) is 1.69. The molecule has 0 aliphatic carbocycles. The van der Waals surface area contributed by atoms with Crippen molar-refractivity contribution in [3.8, 4) is 0 Å². The van der Waals surface area contributed by atoms with Gasteiger partial charge in [0.05, 0.1) is 12.6 Å². The predicted molar refractivity (Wildman–Crippen MR) is 81.4 cm³/mol. The highest BCUT2D eigenvalue weighted by molar-refractivity contribution is 5.81. The van der Waals surface area contributed by atoms with Crippen LogP contribution in [0.5, 0.6) is 0 Å². The second-order valence-electron chi connectivity index (χ2n) is 6.09. The summed E-state index contributed by atoms with van der Waals surface area (Å²) in [5.41, 5.74) is 2.10. The minimum Gasteiger partial charge on any atom is -0.380 e. The Hall–Kier alpha value is -1.39. The van der Waals surface area contributed by atoms with E-state index in [-0.39, 0.29) is 17.5 Å². The van der Waals surface area contributed by atoms with Gasteiger partial charge in [0.25, 0.3) is 0 Å². The van der Waals surface area contributed by atoms with Gasteiger partial charge in [-0.3, -0.25) is 4.79 Å². The molecule has 0 aliphatic rings. The number of nitrogens with one attached hydrogen (secondary N) is 2. The molecule has 20 heavy (non-hydrogen) atoms. The van der Waals surface area contributed by atoms with Crippen molar-refractivity contribution in [1.82, 2.24) is 10.6 Å². The maximum atomic E-state index is 11.9. The molecule has 0 fully saturated rings. The molecule has 2 N–H and O–H groups in total. The Morgan fingerprint density at radius 1 is 1.20 bits per heavy atom. The molecule has 0 spiro atoms. The van der Waals surface area contributed by atoms with Gasteiger partial charge in [0, 0.05) is 19.2 Å². The van der Waals surface area contributed by atoms with E-state index in [4.69, 9.17) is 4.74 Å². The molecule has 0 heterocycles. The van der Waals surface area contributed by atoms with Crippen molar-refractivity contribution in [2.24, 2.45) is 0 Å². The molecule has 0 saturated carbocycles. The number of ether oxygens (including phenoxy) is 1. The highest BCUT2D eigenvalue weighted by Gasteiger charge is 2.18. The lowest BCUT2D eigenvalue weighted by atomic mass is 10.1. The number of rotatable bonds is 6. The first-order valence-corrected chi connectivity index (χ1v) is 6.94. The van der Waals surface area contributed by atoms with Gasteiger partial charge in [-0.25, -0.2) is 0 Å². The zero-order valence-electron chi connectivity index (χ0n) is 13.1. The van der Waals surface area contributed by atoms with E-state index in [0.29, 0.717) is 13.2 Å². The third-order valence-electron chi connectivity index (χ3n) is 2.84. The van der Waals surface area contributed by atoms with Crippen molar-refractivity contribution in [2.75, 3.05) is 7.11 Å². The standard InChI is InChI=1S/C16H26N2O2/c1-12(15(19)18-16(2,3)4)17-10-13-6-8-14(9-7-13)11-20-5/h6-9,12,17H,10-11H2,1-5H3,(H,18,19). The molecule has 0 aromatic heterocycles. The van der Waals surface area contributed by atoms with Gasteiger partial charge in [-0.15, -0.1) is 0 Å². The number of hydrogen-bond donors (Lipinski definition) is 2. The molecule has 0 bridgehead atoms. The fourth-order valence-electron chi connectivity index (χ4n) is 1.76. The quantitative estimate of drug-likeness (QED) is 0.839. The Morgan fingerprint density at radius 3 is 2.25 bits per heavy atom. The molecule has 0 saturated heterocycles. The second kappa shape index (κ2) is 7.41. The Kier molecular flexibility index (Phi) is 6.17. The van der Waals surface area contributed by atoms with E-state index in [1.165, 1.54) is 0 Å². The summed E-state index contributed by atoms with van der Waals surface area (Å²) in [6.07, 6.45) is 0. The Labute approximate surface area is 121 Å². The van der Waals surface area contributed by atoms with Gasteiger partial charge >= 0.3 is 0 Å². The average Bonchev–Trinajstić information content (AvgIpc) is 2.36. The van der Waals surface area contributed by atoms with Crippen LogP contribution in [0.25, 0.3) is 0 Å². The number of carbonyl (C=O) groups excluding carboxylic acids is 1. The van der Waals surface area contributed by atoms with Crippen LogP contribution in [-0.4, -0.2) is 24.6 Å². The molecular weight excluding hydrogens is 252 g/mol. The highest BCUT2D eigenvalue weighted by Crippen LogP contribution is 2.06. The van der Waals surface area contributed by atoms with E-state index in [0.717, 1.165) is 11.1 Å². The topological polar surface area (TPSA) is 50.4 Å². The molecule has 1 amide bonds. The largest absolute Gasteiger partial charge is 0.380 e. The number of benzene rings is 1. The Bertz CT molecular complexity index is 421. The minimum atomic E-state index is -0.215. The van der Waals surface area contributed by atoms with Crippen molar-refractivity contribution in [3.05, 3.63) is 35.4 Å². The smallest absolute Gasteiger partial charge is 0.237 e. The summed E-state index contributed by atoms with van der Waals surface area (Å²) >= 11 is 0. The molecule has 1 aromatic carbocycles. The number of carbonyl (C=O) groups is 1. The summed E-state index contributed by atoms with van der Waals surface area (Å²) in [5.74, 6) is 0.0218. The van der Waals surface area contributed by atoms with E-state index < -0.39 is 0 Å². The first-order chi connectivity index (χ1) is 9.31. The number of hydrogen-bond acceptors (Lipinski definition) is 3. The predicted octanol–water partition coefficient (Wildman–Crippen LogP) is 2.23. The minimum absolute atomic E-state index is 0.0218. The summed E-state index contributed by atoms with van der Waals surface area (Å²) in [4.78, 5) is 11.9. The number of amides is 1. The molecule has 4 nitrogen and oxygen atoms in total. The van der Waals surface area contributed by atoms with Crippen molar-refractivity contribution < 1.29 is 9.53 Å². The van der Waals surface area contributed by atoms with Gasteiger partial charge in [0.15, 0.2) is 0 Å². The highest BCUT2D eigenvalue weighted by atomic mass is 16.5. The van der Waals surface area contributed by atoms with Crippen molar-refractivity contribution >= 4 is 5.91 Å². The summed E-state index contributed by atoms with van der Waals surface area (Å²) in [6, 6.07) is 7.97. The van der Waals surface area contributed by atoms with Crippen LogP contribution < -0.4 is 10.6 Å². The van der Waals surface area contributed by atoms with Gasteiger partial charge in [-0.1, -0.05) is 24.3 Å². The molecule has 1 rings (SSSR count). The first-order valence-electron chi connectivity index (χ1n) is 6.94. The molecule has 1 atom stereocenters. The van der Waals surface area contributed by atoms with Crippen LogP contribution in [0.3, 0.4) is 0 Å². The lowest BCUT2D eigenvalue weighted by Crippen LogP contribution is -2.49. The van der Waals surface area contributed by atoms with Gasteiger partial charge in [-0.05, 0) is 38.8 Å². The van der Waals surface area contributed by atoms with E-state index in [1.54, 1.807) is 7.11 Å².